The third-order valence-electron chi connectivity index (χ3n) is 5.97. The Morgan fingerprint density at radius 1 is 1.06 bits per heavy atom. The molecule has 2 aromatic carbocycles. The van der Waals surface area contributed by atoms with Gasteiger partial charge in [0.15, 0.2) is 11.2 Å². The number of anilines is 1. The SMILES string of the molecule is O=c1[nH]c2c(N3CCN(CCCCNS(=O)(=O)c4ccc5oncc5c4)CC3)cccc2o1. The van der Waals surface area contributed by atoms with Crippen molar-refractivity contribution in [3.8, 4) is 0 Å². The molecule has 1 aliphatic rings. The van der Waals surface area contributed by atoms with Gasteiger partial charge in [-0.2, -0.15) is 0 Å². The van der Waals surface area contributed by atoms with E-state index in [1.807, 2.05) is 12.1 Å². The van der Waals surface area contributed by atoms with E-state index in [0.717, 1.165) is 56.8 Å². The van der Waals surface area contributed by atoms with Crippen molar-refractivity contribution in [2.75, 3.05) is 44.2 Å². The van der Waals surface area contributed by atoms with Gasteiger partial charge in [0.05, 0.1) is 16.8 Å². The maximum Gasteiger partial charge on any atom is 0.417 e. The van der Waals surface area contributed by atoms with Gasteiger partial charge in [-0.1, -0.05) is 11.2 Å². The first kappa shape index (κ1) is 21.7. The molecule has 3 heterocycles. The van der Waals surface area contributed by atoms with Crippen molar-refractivity contribution in [1.29, 1.82) is 0 Å². The Morgan fingerprint density at radius 3 is 2.76 bits per heavy atom. The minimum Gasteiger partial charge on any atom is -0.408 e. The van der Waals surface area contributed by atoms with E-state index >= 15 is 0 Å². The molecular weight excluding hydrogens is 446 g/mol. The van der Waals surface area contributed by atoms with E-state index in [0.29, 0.717) is 23.1 Å². The summed E-state index contributed by atoms with van der Waals surface area (Å²) in [6.07, 6.45) is 3.16. The summed E-state index contributed by atoms with van der Waals surface area (Å²) >= 11 is 0. The number of H-pyrrole nitrogens is 1. The molecule has 174 valence electrons. The minimum absolute atomic E-state index is 0.211. The lowest BCUT2D eigenvalue weighted by molar-refractivity contribution is 0.253. The largest absolute Gasteiger partial charge is 0.417 e. The van der Waals surface area contributed by atoms with E-state index in [4.69, 9.17) is 8.94 Å². The zero-order valence-corrected chi connectivity index (χ0v) is 18.8. The number of nitrogens with one attached hydrogen (secondary N) is 2. The molecular formula is C22H25N5O5S. The summed E-state index contributed by atoms with van der Waals surface area (Å²) in [6.45, 7) is 4.81. The van der Waals surface area contributed by atoms with Gasteiger partial charge in [0, 0.05) is 38.1 Å². The third kappa shape index (κ3) is 4.65. The van der Waals surface area contributed by atoms with E-state index in [1.165, 1.54) is 12.3 Å². The highest BCUT2D eigenvalue weighted by Crippen LogP contribution is 2.25. The van der Waals surface area contributed by atoms with Crippen LogP contribution in [0.25, 0.3) is 22.1 Å². The van der Waals surface area contributed by atoms with Crippen molar-refractivity contribution in [3.05, 3.63) is 53.1 Å². The van der Waals surface area contributed by atoms with Gasteiger partial charge in [-0.3, -0.25) is 9.88 Å². The number of para-hydroxylation sites is 1. The number of fused-ring (bicyclic) bond motifs is 2. The molecule has 1 saturated heterocycles. The fourth-order valence-corrected chi connectivity index (χ4v) is 5.31. The number of piperazine rings is 1. The maximum atomic E-state index is 12.5. The molecule has 0 bridgehead atoms. The topological polar surface area (TPSA) is 125 Å². The van der Waals surface area contributed by atoms with Gasteiger partial charge in [0.1, 0.15) is 5.52 Å². The second kappa shape index (κ2) is 9.00. The number of aromatic amines is 1. The fourth-order valence-electron chi connectivity index (χ4n) is 4.20. The number of benzene rings is 2. The predicted octanol–water partition coefficient (Wildman–Crippen LogP) is 2.14. The van der Waals surface area contributed by atoms with Gasteiger partial charge in [-0.25, -0.2) is 17.9 Å². The molecule has 1 fully saturated rings. The van der Waals surface area contributed by atoms with Gasteiger partial charge >= 0.3 is 5.76 Å². The molecule has 1 aliphatic heterocycles. The lowest BCUT2D eigenvalue weighted by atomic mass is 10.2. The van der Waals surface area contributed by atoms with Crippen LogP contribution in [0.2, 0.25) is 0 Å². The number of unbranched alkanes of at least 4 members (excludes halogenated alkanes) is 1. The molecule has 0 amide bonds. The van der Waals surface area contributed by atoms with E-state index in [2.05, 4.69) is 24.7 Å². The Hall–Kier alpha value is -3.15. The van der Waals surface area contributed by atoms with Crippen LogP contribution >= 0.6 is 0 Å². The highest BCUT2D eigenvalue weighted by molar-refractivity contribution is 7.89. The molecule has 33 heavy (non-hydrogen) atoms. The maximum absolute atomic E-state index is 12.5. The van der Waals surface area contributed by atoms with Gasteiger partial charge in [-0.15, -0.1) is 0 Å². The zero-order chi connectivity index (χ0) is 22.8. The number of oxazole rings is 1. The molecule has 0 unspecified atom stereocenters. The van der Waals surface area contributed by atoms with Crippen LogP contribution < -0.4 is 15.4 Å². The first-order chi connectivity index (χ1) is 16.0. The van der Waals surface area contributed by atoms with Crippen LogP contribution in [-0.2, 0) is 10.0 Å². The molecule has 2 aromatic heterocycles. The molecule has 11 heteroatoms. The fraction of sp³-hybridized carbons (Fsp3) is 0.364. The molecule has 2 N–H and O–H groups in total. The highest BCUT2D eigenvalue weighted by Gasteiger charge is 2.20. The minimum atomic E-state index is -3.56. The number of nitrogens with zero attached hydrogens (tertiary/aromatic N) is 3. The van der Waals surface area contributed by atoms with Crippen LogP contribution in [0.3, 0.4) is 0 Å². The smallest absolute Gasteiger partial charge is 0.408 e. The summed E-state index contributed by atoms with van der Waals surface area (Å²) < 4.78 is 37.9. The summed E-state index contributed by atoms with van der Waals surface area (Å²) in [4.78, 5) is 19.2. The Kier molecular flexibility index (Phi) is 5.92. The van der Waals surface area contributed by atoms with E-state index in [-0.39, 0.29) is 4.90 Å². The third-order valence-corrected chi connectivity index (χ3v) is 7.43. The second-order valence-electron chi connectivity index (χ2n) is 8.12. The van der Waals surface area contributed by atoms with Crippen LogP contribution in [-0.4, -0.2) is 62.7 Å². The molecule has 5 rings (SSSR count). The Labute approximate surface area is 190 Å². The molecule has 0 radical (unpaired) electrons. The first-order valence-corrected chi connectivity index (χ1v) is 12.4. The van der Waals surface area contributed by atoms with Crippen LogP contribution in [0.5, 0.6) is 0 Å². The number of sulfonamides is 1. The Morgan fingerprint density at radius 2 is 1.91 bits per heavy atom. The predicted molar refractivity (Wildman–Crippen MR) is 124 cm³/mol. The molecule has 10 nitrogen and oxygen atoms in total. The highest BCUT2D eigenvalue weighted by atomic mass is 32.2. The van der Waals surface area contributed by atoms with Crippen LogP contribution in [0.1, 0.15) is 12.8 Å². The van der Waals surface area contributed by atoms with E-state index < -0.39 is 15.8 Å². The van der Waals surface area contributed by atoms with E-state index in [9.17, 15) is 13.2 Å². The van der Waals surface area contributed by atoms with Crippen molar-refractivity contribution in [3.63, 3.8) is 0 Å². The Bertz CT molecular complexity index is 1420. The van der Waals surface area contributed by atoms with Crippen molar-refractivity contribution in [2.45, 2.75) is 17.7 Å². The lowest BCUT2D eigenvalue weighted by Crippen LogP contribution is -2.46. The number of aromatic nitrogens is 2. The second-order valence-corrected chi connectivity index (χ2v) is 9.89. The van der Waals surface area contributed by atoms with Gasteiger partial charge < -0.3 is 13.8 Å². The Balaban J connectivity index is 1.07. The van der Waals surface area contributed by atoms with Crippen LogP contribution in [0.4, 0.5) is 5.69 Å². The summed E-state index contributed by atoms with van der Waals surface area (Å²) in [6, 6.07) is 10.4. The summed E-state index contributed by atoms with van der Waals surface area (Å²) in [5.74, 6) is -0.439. The quantitative estimate of drug-likeness (QED) is 0.375. The average molecular weight is 472 g/mol. The summed E-state index contributed by atoms with van der Waals surface area (Å²) in [5, 5.41) is 4.33. The molecule has 0 saturated carbocycles. The number of hydrogen-bond donors (Lipinski definition) is 2. The molecule has 4 aromatic rings. The standard InChI is InChI=1S/C22H25N5O5S/c28-22-25-21-18(4-3-5-20(21)31-22)27-12-10-26(11-13-27)9-2-1-8-24-33(29,30)17-6-7-19-16(14-17)15-23-32-19/h3-7,14-15,24H,1-2,8-13H2,(H,25,28). The van der Waals surface area contributed by atoms with Crippen molar-refractivity contribution in [2.24, 2.45) is 0 Å². The van der Waals surface area contributed by atoms with Crippen molar-refractivity contribution in [1.82, 2.24) is 19.8 Å². The number of rotatable bonds is 8. The van der Waals surface area contributed by atoms with E-state index in [1.54, 1.807) is 18.2 Å². The number of hydrogen-bond acceptors (Lipinski definition) is 8. The average Bonchev–Trinajstić information content (AvgIpc) is 3.44. The van der Waals surface area contributed by atoms with Gasteiger partial charge in [0.2, 0.25) is 10.0 Å². The molecule has 0 spiro atoms. The molecule has 0 aliphatic carbocycles. The summed E-state index contributed by atoms with van der Waals surface area (Å²) in [7, 11) is -3.56. The zero-order valence-electron chi connectivity index (χ0n) is 18.0. The van der Waals surface area contributed by atoms with Gasteiger partial charge in [0.25, 0.3) is 0 Å². The van der Waals surface area contributed by atoms with Crippen molar-refractivity contribution < 1.29 is 17.4 Å². The van der Waals surface area contributed by atoms with Crippen LogP contribution in [0.15, 0.2) is 61.2 Å². The van der Waals surface area contributed by atoms with Crippen LogP contribution in [0, 0.1) is 0 Å². The lowest BCUT2D eigenvalue weighted by Gasteiger charge is -2.36. The normalized spacial score (nSPS) is 15.6. The first-order valence-electron chi connectivity index (χ1n) is 10.9. The summed E-state index contributed by atoms with van der Waals surface area (Å²) in [5.41, 5.74) is 2.86. The van der Waals surface area contributed by atoms with Crippen molar-refractivity contribution >= 4 is 37.8 Å². The molecule has 0 atom stereocenters. The monoisotopic (exact) mass is 471 g/mol. The van der Waals surface area contributed by atoms with Gasteiger partial charge in [-0.05, 0) is 49.7 Å².